The first-order chi connectivity index (χ1) is 17.6. The molecule has 2 nitrogen and oxygen atoms in total. The van der Waals surface area contributed by atoms with Gasteiger partial charge in [-0.2, -0.15) is 0 Å². The molecule has 3 aromatic carbocycles. The predicted molar refractivity (Wildman–Crippen MR) is 156 cm³/mol. The van der Waals surface area contributed by atoms with E-state index in [-0.39, 0.29) is 45.0 Å². The third-order valence-electron chi connectivity index (χ3n) is 11.9. The third-order valence-corrected chi connectivity index (χ3v) is 11.9. The molecule has 3 aromatic rings. The Morgan fingerprint density at radius 1 is 0.500 bits per heavy atom. The van der Waals surface area contributed by atoms with E-state index in [0.29, 0.717) is 11.8 Å². The number of fused-ring (bicyclic) bond motifs is 2. The Labute approximate surface area is 228 Å². The number of phenolic OH excluding ortho intramolecular Hbond substituents is 2. The van der Waals surface area contributed by atoms with Crippen LogP contribution in [-0.2, 0) is 10.8 Å². The number of hydrogen-bond donors (Lipinski definition) is 2. The maximum absolute atomic E-state index is 10.6. The quantitative estimate of drug-likeness (QED) is 0.297. The highest BCUT2D eigenvalue weighted by atomic mass is 16.3. The SMILES string of the molecule is CC1(C)CCC(C)(C)c2cc3cc4c(cc3cc21)C1c2cc(O)c(O)cc2C4C2C1C(C)(C)CCC2(C)C. The summed E-state index contributed by atoms with van der Waals surface area (Å²) in [5.41, 5.74) is 9.22. The van der Waals surface area contributed by atoms with Crippen molar-refractivity contribution < 1.29 is 10.2 Å². The fourth-order valence-corrected chi connectivity index (χ4v) is 9.46. The predicted octanol–water partition coefficient (Wildman–Crippen LogP) is 9.27. The molecule has 0 amide bonds. The van der Waals surface area contributed by atoms with E-state index in [1.54, 1.807) is 0 Å². The molecule has 0 saturated heterocycles. The van der Waals surface area contributed by atoms with E-state index in [4.69, 9.17) is 0 Å². The second kappa shape index (κ2) is 7.18. The van der Waals surface area contributed by atoms with Crippen LogP contribution in [0, 0.1) is 22.7 Å². The molecular weight excluding hydrogens is 464 g/mol. The zero-order valence-electron chi connectivity index (χ0n) is 24.5. The molecule has 1 fully saturated rings. The van der Waals surface area contributed by atoms with Gasteiger partial charge in [0.25, 0.3) is 0 Å². The Balaban J connectivity index is 1.54. The van der Waals surface area contributed by atoms with Crippen molar-refractivity contribution in [1.82, 2.24) is 0 Å². The van der Waals surface area contributed by atoms with E-state index in [2.05, 4.69) is 79.7 Å². The number of phenols is 2. The summed E-state index contributed by atoms with van der Waals surface area (Å²) in [5, 5.41) is 24.0. The molecule has 5 aliphatic carbocycles. The number of hydrogen-bond acceptors (Lipinski definition) is 2. The van der Waals surface area contributed by atoms with Crippen LogP contribution in [0.15, 0.2) is 36.4 Å². The molecule has 8 rings (SSSR count). The molecule has 0 aromatic heterocycles. The summed E-state index contributed by atoms with van der Waals surface area (Å²) in [6, 6.07) is 13.8. The maximum Gasteiger partial charge on any atom is 0.157 e. The normalized spacial score (nSPS) is 30.7. The molecule has 38 heavy (non-hydrogen) atoms. The number of rotatable bonds is 0. The molecule has 0 spiro atoms. The molecule has 0 radical (unpaired) electrons. The maximum atomic E-state index is 10.6. The first-order valence-corrected chi connectivity index (χ1v) is 14.8. The molecule has 2 bridgehead atoms. The summed E-state index contributed by atoms with van der Waals surface area (Å²) in [5.74, 6) is 1.51. The van der Waals surface area contributed by atoms with Crippen molar-refractivity contribution >= 4 is 10.8 Å². The summed E-state index contributed by atoms with van der Waals surface area (Å²) in [4.78, 5) is 0. The third kappa shape index (κ3) is 3.07. The van der Waals surface area contributed by atoms with Gasteiger partial charge >= 0.3 is 0 Å². The largest absolute Gasteiger partial charge is 0.504 e. The van der Waals surface area contributed by atoms with Crippen molar-refractivity contribution in [2.45, 2.75) is 104 Å². The minimum atomic E-state index is 0.0149. The van der Waals surface area contributed by atoms with Crippen LogP contribution in [0.25, 0.3) is 10.8 Å². The first kappa shape index (κ1) is 24.6. The molecule has 5 aliphatic rings. The topological polar surface area (TPSA) is 40.5 Å². The van der Waals surface area contributed by atoms with Gasteiger partial charge < -0.3 is 10.2 Å². The van der Waals surface area contributed by atoms with E-state index in [1.165, 1.54) is 69.8 Å². The van der Waals surface area contributed by atoms with Crippen molar-refractivity contribution in [3.05, 3.63) is 69.8 Å². The van der Waals surface area contributed by atoms with E-state index in [9.17, 15) is 10.2 Å². The van der Waals surface area contributed by atoms with E-state index in [1.807, 2.05) is 12.1 Å². The van der Waals surface area contributed by atoms with Gasteiger partial charge in [-0.15, -0.1) is 0 Å². The highest BCUT2D eigenvalue weighted by Gasteiger charge is 2.60. The lowest BCUT2D eigenvalue weighted by molar-refractivity contribution is -0.0509. The van der Waals surface area contributed by atoms with Gasteiger partial charge in [-0.05, 0) is 115 Å². The summed E-state index contributed by atoms with van der Waals surface area (Å²) < 4.78 is 0. The van der Waals surface area contributed by atoms with Gasteiger partial charge in [-0.25, -0.2) is 0 Å². The van der Waals surface area contributed by atoms with Crippen LogP contribution in [0.2, 0.25) is 0 Å². The van der Waals surface area contributed by atoms with Crippen molar-refractivity contribution in [3.63, 3.8) is 0 Å². The second-order valence-corrected chi connectivity index (χ2v) is 15.9. The molecule has 4 atom stereocenters. The fourth-order valence-electron chi connectivity index (χ4n) is 9.46. The van der Waals surface area contributed by atoms with Crippen LogP contribution in [0.5, 0.6) is 11.5 Å². The number of benzene rings is 3. The zero-order valence-corrected chi connectivity index (χ0v) is 24.5. The molecule has 0 heterocycles. The number of aromatic hydroxyl groups is 2. The van der Waals surface area contributed by atoms with Crippen LogP contribution in [0.1, 0.15) is 126 Å². The van der Waals surface area contributed by atoms with Crippen molar-refractivity contribution in [2.24, 2.45) is 22.7 Å². The average Bonchev–Trinajstić information content (AvgIpc) is 2.83. The van der Waals surface area contributed by atoms with E-state index in [0.717, 1.165) is 0 Å². The lowest BCUT2D eigenvalue weighted by atomic mass is 9.40. The van der Waals surface area contributed by atoms with Gasteiger partial charge in [-0.3, -0.25) is 0 Å². The van der Waals surface area contributed by atoms with Crippen LogP contribution >= 0.6 is 0 Å². The van der Waals surface area contributed by atoms with Gasteiger partial charge in [-0.1, -0.05) is 79.7 Å². The Bertz CT molecular complexity index is 1400. The van der Waals surface area contributed by atoms with Gasteiger partial charge in [0.05, 0.1) is 0 Å². The zero-order chi connectivity index (χ0) is 27.2. The molecule has 2 N–H and O–H groups in total. The lowest BCUT2D eigenvalue weighted by Crippen LogP contribution is -2.54. The highest BCUT2D eigenvalue weighted by molar-refractivity contribution is 5.88. The van der Waals surface area contributed by atoms with Crippen molar-refractivity contribution in [3.8, 4) is 11.5 Å². The second-order valence-electron chi connectivity index (χ2n) is 15.9. The summed E-state index contributed by atoms with van der Waals surface area (Å²) in [6.45, 7) is 19.5. The Kier molecular flexibility index (Phi) is 4.64. The Hall–Kier alpha value is -2.48. The van der Waals surface area contributed by atoms with Gasteiger partial charge in [0.15, 0.2) is 11.5 Å². The standard InChI is InChI=1S/C36H44O2/c1-33(2)9-10-34(3,4)26-16-20-14-22-21(13-19(20)15-25(26)33)29-23-17-27(37)28(38)18-24(23)30(22)32-31(29)35(5,6)11-12-36(32,7)8/h13-18,29-32,37-38H,9-12H2,1-8H3. The van der Waals surface area contributed by atoms with Gasteiger partial charge in [0.1, 0.15) is 0 Å². The Morgan fingerprint density at radius 3 is 1.21 bits per heavy atom. The summed E-state index contributed by atoms with van der Waals surface area (Å²) in [7, 11) is 0. The molecule has 0 aliphatic heterocycles. The Morgan fingerprint density at radius 2 is 0.842 bits per heavy atom. The first-order valence-electron chi connectivity index (χ1n) is 14.8. The molecule has 2 heteroatoms. The molecule has 4 unspecified atom stereocenters. The van der Waals surface area contributed by atoms with Gasteiger partial charge in [0, 0.05) is 11.8 Å². The van der Waals surface area contributed by atoms with E-state index < -0.39 is 0 Å². The molecular formula is C36H44O2. The van der Waals surface area contributed by atoms with E-state index >= 15 is 0 Å². The minimum absolute atomic E-state index is 0.0149. The van der Waals surface area contributed by atoms with Gasteiger partial charge in [0.2, 0.25) is 0 Å². The van der Waals surface area contributed by atoms with Crippen LogP contribution in [0.3, 0.4) is 0 Å². The summed E-state index contributed by atoms with van der Waals surface area (Å²) in [6.07, 6.45) is 4.89. The lowest BCUT2D eigenvalue weighted by Gasteiger charge is -2.63. The smallest absolute Gasteiger partial charge is 0.157 e. The monoisotopic (exact) mass is 508 g/mol. The summed E-state index contributed by atoms with van der Waals surface area (Å²) >= 11 is 0. The average molecular weight is 509 g/mol. The van der Waals surface area contributed by atoms with Crippen molar-refractivity contribution in [1.29, 1.82) is 0 Å². The van der Waals surface area contributed by atoms with Crippen LogP contribution < -0.4 is 0 Å². The minimum Gasteiger partial charge on any atom is -0.504 e. The van der Waals surface area contributed by atoms with Crippen LogP contribution in [-0.4, -0.2) is 10.2 Å². The van der Waals surface area contributed by atoms with Crippen molar-refractivity contribution in [2.75, 3.05) is 0 Å². The fraction of sp³-hybridized carbons (Fsp3) is 0.556. The highest BCUT2D eigenvalue weighted by Crippen LogP contribution is 2.71. The molecule has 200 valence electrons. The van der Waals surface area contributed by atoms with Crippen LogP contribution in [0.4, 0.5) is 0 Å². The molecule has 1 saturated carbocycles.